The molecule has 142 valence electrons. The minimum Gasteiger partial charge on any atom is -0.353 e. The number of carbonyl (C=O) groups excluding carboxylic acids is 1. The van der Waals surface area contributed by atoms with Crippen molar-refractivity contribution in [3.8, 4) is 0 Å². The van der Waals surface area contributed by atoms with E-state index in [1.807, 2.05) is 0 Å². The monoisotopic (exact) mass is 356 g/mol. The number of hydrogen-bond acceptors (Lipinski definition) is 2. The van der Waals surface area contributed by atoms with E-state index in [9.17, 15) is 4.79 Å². The Morgan fingerprint density at radius 3 is 2.58 bits per heavy atom. The Labute approximate surface area is 157 Å². The molecule has 1 aliphatic heterocycles. The fraction of sp³-hybridized carbons (Fsp3) is 0.619. The van der Waals surface area contributed by atoms with Gasteiger partial charge in [-0.2, -0.15) is 0 Å². The summed E-state index contributed by atoms with van der Waals surface area (Å²) in [5, 5.41) is 3.67. The summed E-state index contributed by atoms with van der Waals surface area (Å²) in [5.74, 6) is 1.51. The predicted molar refractivity (Wildman–Crippen MR) is 106 cm³/mol. The van der Waals surface area contributed by atoms with Gasteiger partial charge >= 0.3 is 0 Å². The molecule has 1 aromatic rings. The minimum atomic E-state index is 0.0479. The van der Waals surface area contributed by atoms with E-state index < -0.39 is 0 Å². The fourth-order valence-corrected chi connectivity index (χ4v) is 3.90. The van der Waals surface area contributed by atoms with Gasteiger partial charge in [-0.05, 0) is 24.8 Å². The number of rotatable bonds is 4. The van der Waals surface area contributed by atoms with Crippen LogP contribution in [0.15, 0.2) is 35.3 Å². The number of aliphatic imine (C=N–C) groups is 1. The van der Waals surface area contributed by atoms with Crippen LogP contribution >= 0.6 is 0 Å². The molecule has 3 rings (SSSR count). The summed E-state index contributed by atoms with van der Waals surface area (Å²) in [7, 11) is 3.57. The number of guanidine groups is 1. The summed E-state index contributed by atoms with van der Waals surface area (Å²) in [5.41, 5.74) is 1.40. The topological polar surface area (TPSA) is 47.9 Å². The summed E-state index contributed by atoms with van der Waals surface area (Å²) in [6, 6.07) is 11.2. The zero-order chi connectivity index (χ0) is 18.4. The average molecular weight is 357 g/mol. The highest BCUT2D eigenvalue weighted by Gasteiger charge is 2.27. The van der Waals surface area contributed by atoms with Crippen LogP contribution in [-0.2, 0) is 4.79 Å². The maximum absolute atomic E-state index is 12.0. The van der Waals surface area contributed by atoms with Crippen molar-refractivity contribution in [3.05, 3.63) is 35.9 Å². The highest BCUT2D eigenvalue weighted by Crippen LogP contribution is 2.27. The highest BCUT2D eigenvalue weighted by atomic mass is 16.2. The maximum Gasteiger partial charge on any atom is 0.243 e. The summed E-state index contributed by atoms with van der Waals surface area (Å²) in [4.78, 5) is 20.7. The molecule has 5 heteroatoms. The lowest BCUT2D eigenvalue weighted by Crippen LogP contribution is -2.46. The van der Waals surface area contributed by atoms with E-state index in [1.165, 1.54) is 37.7 Å². The normalized spacial score (nSPS) is 21.7. The third kappa shape index (κ3) is 4.99. The third-order valence-electron chi connectivity index (χ3n) is 5.56. The summed E-state index contributed by atoms with van der Waals surface area (Å²) < 4.78 is 0. The number of hydrogen-bond donors (Lipinski definition) is 1. The van der Waals surface area contributed by atoms with Crippen LogP contribution in [0.1, 0.15) is 50.0 Å². The molecule has 1 unspecified atom stereocenters. The van der Waals surface area contributed by atoms with Gasteiger partial charge in [0.1, 0.15) is 6.54 Å². The van der Waals surface area contributed by atoms with Crippen molar-refractivity contribution in [2.24, 2.45) is 4.99 Å². The first-order valence-electron chi connectivity index (χ1n) is 9.94. The quantitative estimate of drug-likeness (QED) is 0.667. The Kier molecular flexibility index (Phi) is 6.53. The van der Waals surface area contributed by atoms with Crippen LogP contribution in [0, 0.1) is 0 Å². The first kappa shape index (κ1) is 18.7. The Balaban J connectivity index is 1.68. The van der Waals surface area contributed by atoms with Crippen LogP contribution in [0.2, 0.25) is 0 Å². The first-order chi connectivity index (χ1) is 12.6. The third-order valence-corrected chi connectivity index (χ3v) is 5.56. The molecular weight excluding hydrogens is 324 g/mol. The van der Waals surface area contributed by atoms with Crippen LogP contribution in [0.5, 0.6) is 0 Å². The molecule has 1 N–H and O–H groups in total. The van der Waals surface area contributed by atoms with Crippen molar-refractivity contribution >= 4 is 11.9 Å². The molecule has 0 spiro atoms. The average Bonchev–Trinajstić information content (AvgIpc) is 3.16. The molecule has 1 aliphatic carbocycles. The van der Waals surface area contributed by atoms with Crippen LogP contribution in [0.25, 0.3) is 0 Å². The van der Waals surface area contributed by atoms with Gasteiger partial charge in [0, 0.05) is 39.1 Å². The molecule has 2 fully saturated rings. The molecule has 1 aromatic carbocycles. The van der Waals surface area contributed by atoms with Crippen molar-refractivity contribution in [1.29, 1.82) is 0 Å². The van der Waals surface area contributed by atoms with Gasteiger partial charge in [-0.1, -0.05) is 49.6 Å². The van der Waals surface area contributed by atoms with E-state index in [4.69, 9.17) is 0 Å². The molecule has 0 radical (unpaired) electrons. The standard InChI is InChI=1S/C21H32N4O/c1-24(2)20(26)15-22-21(23-19-11-7-4-8-12-19)25-14-13-18(16-25)17-9-5-3-6-10-17/h3,5-6,9-10,18-19H,4,7-8,11-16H2,1-2H3,(H,22,23). The Hall–Kier alpha value is -2.04. The Morgan fingerprint density at radius 1 is 1.15 bits per heavy atom. The minimum absolute atomic E-state index is 0.0479. The second kappa shape index (κ2) is 9.06. The molecule has 1 amide bonds. The number of likely N-dealkylation sites (N-methyl/N-ethyl adjacent to an activating group) is 1. The largest absolute Gasteiger partial charge is 0.353 e. The van der Waals surface area contributed by atoms with Crippen molar-refractivity contribution in [3.63, 3.8) is 0 Å². The number of nitrogens with one attached hydrogen (secondary N) is 1. The van der Waals surface area contributed by atoms with Crippen LogP contribution in [-0.4, -0.2) is 61.4 Å². The van der Waals surface area contributed by atoms with Crippen LogP contribution in [0.4, 0.5) is 0 Å². The van der Waals surface area contributed by atoms with Crippen molar-refractivity contribution < 1.29 is 4.79 Å². The van der Waals surface area contributed by atoms with Crippen LogP contribution in [0.3, 0.4) is 0 Å². The second-order valence-electron chi connectivity index (χ2n) is 7.75. The molecule has 1 saturated heterocycles. The van der Waals surface area contributed by atoms with Gasteiger partial charge in [-0.25, -0.2) is 4.99 Å². The van der Waals surface area contributed by atoms with E-state index >= 15 is 0 Å². The number of carbonyl (C=O) groups is 1. The second-order valence-corrected chi connectivity index (χ2v) is 7.75. The zero-order valence-corrected chi connectivity index (χ0v) is 16.2. The lowest BCUT2D eigenvalue weighted by molar-refractivity contribution is -0.127. The van der Waals surface area contributed by atoms with Gasteiger partial charge < -0.3 is 15.1 Å². The summed E-state index contributed by atoms with van der Waals surface area (Å²) in [6.45, 7) is 2.18. The highest BCUT2D eigenvalue weighted by molar-refractivity contribution is 5.85. The van der Waals surface area contributed by atoms with Gasteiger partial charge in [0.15, 0.2) is 5.96 Å². The molecule has 1 saturated carbocycles. The molecular formula is C21H32N4O. The van der Waals surface area contributed by atoms with E-state index in [1.54, 1.807) is 19.0 Å². The molecule has 0 aromatic heterocycles. The van der Waals surface area contributed by atoms with E-state index in [2.05, 4.69) is 45.5 Å². The lowest BCUT2D eigenvalue weighted by Gasteiger charge is -2.29. The molecule has 5 nitrogen and oxygen atoms in total. The number of nitrogens with zero attached hydrogens (tertiary/aromatic N) is 3. The lowest BCUT2D eigenvalue weighted by atomic mass is 9.96. The SMILES string of the molecule is CN(C)C(=O)CN=C(NC1CCCCC1)N1CCC(c2ccccc2)C1. The van der Waals surface area contributed by atoms with Crippen molar-refractivity contribution in [1.82, 2.24) is 15.1 Å². The molecule has 2 aliphatic rings. The van der Waals surface area contributed by atoms with Gasteiger partial charge in [-0.15, -0.1) is 0 Å². The predicted octanol–water partition coefficient (Wildman–Crippen LogP) is 2.84. The maximum atomic E-state index is 12.0. The van der Waals surface area contributed by atoms with Gasteiger partial charge in [0.25, 0.3) is 0 Å². The molecule has 1 heterocycles. The Bertz CT molecular complexity index is 608. The summed E-state index contributed by atoms with van der Waals surface area (Å²) >= 11 is 0. The van der Waals surface area contributed by atoms with Crippen molar-refractivity contribution in [2.75, 3.05) is 33.7 Å². The van der Waals surface area contributed by atoms with Gasteiger partial charge in [-0.3, -0.25) is 4.79 Å². The van der Waals surface area contributed by atoms with E-state index in [0.717, 1.165) is 25.5 Å². The van der Waals surface area contributed by atoms with E-state index in [-0.39, 0.29) is 12.5 Å². The van der Waals surface area contributed by atoms with Crippen molar-refractivity contribution in [2.45, 2.75) is 50.5 Å². The summed E-state index contributed by atoms with van der Waals surface area (Å²) in [6.07, 6.45) is 7.45. The van der Waals surface area contributed by atoms with Crippen LogP contribution < -0.4 is 5.32 Å². The molecule has 26 heavy (non-hydrogen) atoms. The van der Waals surface area contributed by atoms with Gasteiger partial charge in [0.05, 0.1) is 0 Å². The van der Waals surface area contributed by atoms with E-state index in [0.29, 0.717) is 12.0 Å². The number of likely N-dealkylation sites (tertiary alicyclic amines) is 1. The molecule has 1 atom stereocenters. The molecule has 0 bridgehead atoms. The zero-order valence-electron chi connectivity index (χ0n) is 16.2. The number of benzene rings is 1. The fourth-order valence-electron chi connectivity index (χ4n) is 3.90. The smallest absolute Gasteiger partial charge is 0.243 e. The Morgan fingerprint density at radius 2 is 1.88 bits per heavy atom. The number of amides is 1. The first-order valence-corrected chi connectivity index (χ1v) is 9.94. The van der Waals surface area contributed by atoms with Gasteiger partial charge in [0.2, 0.25) is 5.91 Å².